The van der Waals surface area contributed by atoms with Crippen LogP contribution in [0.1, 0.15) is 45.2 Å². The summed E-state index contributed by atoms with van der Waals surface area (Å²) in [6.45, 7) is 10.5. The van der Waals surface area contributed by atoms with Crippen molar-refractivity contribution in [2.24, 2.45) is 5.92 Å². The molecule has 9 heteroatoms. The smallest absolute Gasteiger partial charge is 0.336 e. The number of hydrogen-bond acceptors (Lipinski definition) is 6. The maximum Gasteiger partial charge on any atom is 0.336 e. The molecule has 0 aliphatic heterocycles. The van der Waals surface area contributed by atoms with Gasteiger partial charge in [0, 0.05) is 23.1 Å². The number of rotatable bonds is 10. The zero-order chi connectivity index (χ0) is 24.7. The van der Waals surface area contributed by atoms with Crippen LogP contribution >= 0.6 is 0 Å². The summed E-state index contributed by atoms with van der Waals surface area (Å²) in [7, 11) is 0. The second kappa shape index (κ2) is 11.5. The lowest BCUT2D eigenvalue weighted by atomic mass is 9.98. The molecule has 9 nitrogen and oxygen atoms in total. The van der Waals surface area contributed by atoms with Crippen LogP contribution in [0.3, 0.4) is 0 Å². The summed E-state index contributed by atoms with van der Waals surface area (Å²) in [6.07, 6.45) is 0.710. The van der Waals surface area contributed by atoms with Gasteiger partial charge in [-0.15, -0.1) is 0 Å². The van der Waals surface area contributed by atoms with Crippen LogP contribution < -0.4 is 26.3 Å². The van der Waals surface area contributed by atoms with E-state index in [1.165, 1.54) is 6.07 Å². The summed E-state index contributed by atoms with van der Waals surface area (Å²) in [5.74, 6) is -0.880. The Morgan fingerprint density at radius 2 is 1.76 bits per heavy atom. The Morgan fingerprint density at radius 1 is 1.06 bits per heavy atom. The molecule has 0 aliphatic rings. The fraction of sp³-hybridized carbons (Fsp3) is 0.500. The van der Waals surface area contributed by atoms with Gasteiger partial charge in [-0.05, 0) is 51.3 Å². The van der Waals surface area contributed by atoms with Gasteiger partial charge in [-0.2, -0.15) is 0 Å². The molecule has 0 spiro atoms. The minimum atomic E-state index is -0.684. The van der Waals surface area contributed by atoms with E-state index < -0.39 is 23.5 Å². The van der Waals surface area contributed by atoms with Gasteiger partial charge in [0.15, 0.2) is 6.61 Å². The quantitative estimate of drug-likeness (QED) is 0.466. The zero-order valence-corrected chi connectivity index (χ0v) is 20.0. The van der Waals surface area contributed by atoms with Crippen molar-refractivity contribution in [3.05, 3.63) is 39.7 Å². The van der Waals surface area contributed by atoms with Gasteiger partial charge in [-0.25, -0.2) is 4.79 Å². The summed E-state index contributed by atoms with van der Waals surface area (Å²) < 4.78 is 10.9. The summed E-state index contributed by atoms with van der Waals surface area (Å²) in [5, 5.41) is 8.77. The second-order valence-electron chi connectivity index (χ2n) is 8.47. The van der Waals surface area contributed by atoms with Crippen LogP contribution in [-0.4, -0.2) is 43.0 Å². The zero-order valence-electron chi connectivity index (χ0n) is 20.0. The van der Waals surface area contributed by atoms with E-state index in [0.29, 0.717) is 23.3 Å². The van der Waals surface area contributed by atoms with E-state index in [0.717, 1.165) is 10.9 Å². The van der Waals surface area contributed by atoms with E-state index >= 15 is 0 Å². The molecule has 2 aromatic rings. The molecule has 0 aliphatic carbocycles. The van der Waals surface area contributed by atoms with Crippen molar-refractivity contribution in [3.63, 3.8) is 0 Å². The Morgan fingerprint density at radius 3 is 2.39 bits per heavy atom. The number of aryl methyl sites for hydroxylation is 2. The van der Waals surface area contributed by atoms with Crippen molar-refractivity contribution in [1.29, 1.82) is 0 Å². The largest absolute Gasteiger partial charge is 0.483 e. The molecule has 0 saturated heterocycles. The van der Waals surface area contributed by atoms with Crippen LogP contribution in [0.4, 0.5) is 0 Å². The van der Waals surface area contributed by atoms with E-state index in [1.54, 1.807) is 19.1 Å². The number of carbonyl (C=O) groups is 3. The van der Waals surface area contributed by atoms with Crippen LogP contribution in [0, 0.1) is 19.8 Å². The summed E-state index contributed by atoms with van der Waals surface area (Å²) >= 11 is 0. The van der Waals surface area contributed by atoms with Gasteiger partial charge >= 0.3 is 5.63 Å². The first-order valence-corrected chi connectivity index (χ1v) is 11.1. The van der Waals surface area contributed by atoms with Crippen molar-refractivity contribution in [3.8, 4) is 5.75 Å². The van der Waals surface area contributed by atoms with Gasteiger partial charge in [0.2, 0.25) is 11.8 Å². The van der Waals surface area contributed by atoms with Crippen molar-refractivity contribution in [1.82, 2.24) is 16.0 Å². The molecule has 2 rings (SSSR count). The highest BCUT2D eigenvalue weighted by Gasteiger charge is 2.26. The van der Waals surface area contributed by atoms with E-state index in [-0.39, 0.29) is 31.0 Å². The van der Waals surface area contributed by atoms with E-state index in [4.69, 9.17) is 9.15 Å². The molecule has 0 saturated carbocycles. The Labute approximate surface area is 193 Å². The standard InChI is InChI=1S/C24H33N3O6/c1-7-14(4)22(24(31)26-13(2)3)27-19(28)11-25-20(29)12-32-18-9-8-17-15(5)10-21(30)33-23(17)16(18)6/h8-10,13-14,22H,7,11-12H2,1-6H3,(H,25,29)(H,26,31)(H,27,28)/t14-,22+/m1/s1. The highest BCUT2D eigenvalue weighted by molar-refractivity contribution is 5.90. The molecule has 0 radical (unpaired) electrons. The predicted octanol–water partition coefficient (Wildman–Crippen LogP) is 1.96. The molecule has 180 valence electrons. The first-order chi connectivity index (χ1) is 15.5. The second-order valence-corrected chi connectivity index (χ2v) is 8.47. The van der Waals surface area contributed by atoms with Gasteiger partial charge in [-0.3, -0.25) is 14.4 Å². The van der Waals surface area contributed by atoms with Gasteiger partial charge in [0.1, 0.15) is 17.4 Å². The van der Waals surface area contributed by atoms with Crippen molar-refractivity contribution in [2.45, 2.75) is 60.0 Å². The van der Waals surface area contributed by atoms with Crippen molar-refractivity contribution < 1.29 is 23.5 Å². The lowest BCUT2D eigenvalue weighted by Crippen LogP contribution is -2.53. The molecule has 33 heavy (non-hydrogen) atoms. The predicted molar refractivity (Wildman–Crippen MR) is 125 cm³/mol. The lowest BCUT2D eigenvalue weighted by molar-refractivity contribution is -0.131. The normalized spacial score (nSPS) is 12.8. The summed E-state index contributed by atoms with van der Waals surface area (Å²) in [6, 6.07) is 4.15. The molecule has 0 unspecified atom stereocenters. The summed E-state index contributed by atoms with van der Waals surface area (Å²) in [5.41, 5.74) is 1.35. The van der Waals surface area contributed by atoms with Crippen LogP contribution in [0.15, 0.2) is 27.4 Å². The Bertz CT molecular complexity index is 1080. The van der Waals surface area contributed by atoms with Crippen LogP contribution in [-0.2, 0) is 14.4 Å². The molecule has 2 atom stereocenters. The van der Waals surface area contributed by atoms with Gasteiger partial charge in [0.25, 0.3) is 5.91 Å². The molecule has 1 aromatic carbocycles. The number of nitrogens with one attached hydrogen (secondary N) is 3. The van der Waals surface area contributed by atoms with E-state index in [2.05, 4.69) is 16.0 Å². The average Bonchev–Trinajstić information content (AvgIpc) is 2.74. The fourth-order valence-electron chi connectivity index (χ4n) is 3.33. The molecule has 0 fully saturated rings. The van der Waals surface area contributed by atoms with Crippen molar-refractivity contribution >= 4 is 28.7 Å². The Balaban J connectivity index is 1.93. The minimum Gasteiger partial charge on any atom is -0.483 e. The number of fused-ring (bicyclic) bond motifs is 1. The van der Waals surface area contributed by atoms with Crippen molar-refractivity contribution in [2.75, 3.05) is 13.2 Å². The van der Waals surface area contributed by atoms with Gasteiger partial charge < -0.3 is 25.1 Å². The maximum absolute atomic E-state index is 12.4. The third-order valence-corrected chi connectivity index (χ3v) is 5.37. The SMILES string of the molecule is CC[C@@H](C)[C@H](NC(=O)CNC(=O)COc1ccc2c(C)cc(=O)oc2c1C)C(=O)NC(C)C. The first kappa shape index (κ1) is 25.9. The van der Waals surface area contributed by atoms with Crippen LogP contribution in [0.5, 0.6) is 5.75 Å². The minimum absolute atomic E-state index is 0.0479. The molecule has 0 bridgehead atoms. The molecular weight excluding hydrogens is 426 g/mol. The fourth-order valence-corrected chi connectivity index (χ4v) is 3.33. The Kier molecular flexibility index (Phi) is 9.02. The lowest BCUT2D eigenvalue weighted by Gasteiger charge is -2.24. The van der Waals surface area contributed by atoms with E-state index in [1.807, 2.05) is 34.6 Å². The number of carbonyl (C=O) groups excluding carboxylic acids is 3. The molecular formula is C24H33N3O6. The first-order valence-electron chi connectivity index (χ1n) is 11.1. The monoisotopic (exact) mass is 459 g/mol. The highest BCUT2D eigenvalue weighted by atomic mass is 16.5. The third kappa shape index (κ3) is 7.06. The number of ether oxygens (including phenoxy) is 1. The average molecular weight is 460 g/mol. The number of hydrogen-bond donors (Lipinski definition) is 3. The summed E-state index contributed by atoms with van der Waals surface area (Å²) in [4.78, 5) is 48.6. The topological polar surface area (TPSA) is 127 Å². The third-order valence-electron chi connectivity index (χ3n) is 5.37. The van der Waals surface area contributed by atoms with E-state index in [9.17, 15) is 19.2 Å². The number of amides is 3. The van der Waals surface area contributed by atoms with Crippen LogP contribution in [0.2, 0.25) is 0 Å². The molecule has 1 aromatic heterocycles. The Hall–Kier alpha value is -3.36. The molecule has 3 amide bonds. The number of benzene rings is 1. The molecule has 1 heterocycles. The van der Waals surface area contributed by atoms with Gasteiger partial charge in [-0.1, -0.05) is 20.3 Å². The molecule has 3 N–H and O–H groups in total. The van der Waals surface area contributed by atoms with Crippen LogP contribution in [0.25, 0.3) is 11.0 Å². The van der Waals surface area contributed by atoms with Gasteiger partial charge in [0.05, 0.1) is 6.54 Å². The highest BCUT2D eigenvalue weighted by Crippen LogP contribution is 2.28. The maximum atomic E-state index is 12.4.